The van der Waals surface area contributed by atoms with Gasteiger partial charge in [-0.15, -0.1) is 0 Å². The van der Waals surface area contributed by atoms with Crippen LogP contribution >= 0.6 is 0 Å². The van der Waals surface area contributed by atoms with Crippen molar-refractivity contribution in [3.8, 4) is 11.3 Å². The second-order valence-electron chi connectivity index (χ2n) is 3.54. The maximum Gasteiger partial charge on any atom is 0.294 e. The van der Waals surface area contributed by atoms with Gasteiger partial charge in [0, 0.05) is 29.7 Å². The van der Waals surface area contributed by atoms with Crippen molar-refractivity contribution in [2.45, 2.75) is 0 Å². The highest BCUT2D eigenvalue weighted by molar-refractivity contribution is 5.94. The van der Waals surface area contributed by atoms with Crippen LogP contribution in [0.15, 0.2) is 41.1 Å². The Morgan fingerprint density at radius 1 is 1.31 bits per heavy atom. The van der Waals surface area contributed by atoms with Crippen LogP contribution in [0, 0.1) is 0 Å². The number of nitrogens with zero attached hydrogens (tertiary/aromatic N) is 1. The number of aromatic amines is 1. The average Bonchev–Trinajstić information content (AvgIpc) is 2.94. The van der Waals surface area contributed by atoms with Gasteiger partial charge >= 0.3 is 0 Å². The molecule has 16 heavy (non-hydrogen) atoms. The molecule has 0 amide bonds. The van der Waals surface area contributed by atoms with E-state index < -0.39 is 0 Å². The Kier molecular flexibility index (Phi) is 1.93. The van der Waals surface area contributed by atoms with Gasteiger partial charge in [0.1, 0.15) is 12.0 Å². The third kappa shape index (κ3) is 1.27. The Hall–Kier alpha value is -2.23. The van der Waals surface area contributed by atoms with Gasteiger partial charge in [-0.1, -0.05) is 18.2 Å². The van der Waals surface area contributed by atoms with Crippen molar-refractivity contribution in [1.82, 2.24) is 9.97 Å². The molecule has 80 valence electrons. The summed E-state index contributed by atoms with van der Waals surface area (Å²) in [5, 5.41) is 4.02. The zero-order chi connectivity index (χ0) is 11.0. The number of para-hydroxylation sites is 1. The van der Waals surface area contributed by atoms with Crippen molar-refractivity contribution in [2.24, 2.45) is 0 Å². The van der Waals surface area contributed by atoms with E-state index >= 15 is 0 Å². The number of benzene rings is 1. The zero-order valence-corrected chi connectivity index (χ0v) is 8.82. The maximum absolute atomic E-state index is 5.25. The molecule has 0 saturated heterocycles. The van der Waals surface area contributed by atoms with Gasteiger partial charge in [0.2, 0.25) is 0 Å². The van der Waals surface area contributed by atoms with Crippen LogP contribution in [0.3, 0.4) is 0 Å². The van der Waals surface area contributed by atoms with Gasteiger partial charge in [-0.25, -0.2) is 0 Å². The lowest BCUT2D eigenvalue weighted by molar-refractivity contribution is 0.576. The zero-order valence-electron chi connectivity index (χ0n) is 8.82. The van der Waals surface area contributed by atoms with Crippen molar-refractivity contribution in [3.63, 3.8) is 0 Å². The van der Waals surface area contributed by atoms with Crippen molar-refractivity contribution in [3.05, 3.63) is 36.7 Å². The molecule has 2 N–H and O–H groups in total. The SMILES string of the molecule is CNc1nc(-c2c[nH]c3ccccc23)co1. The number of oxazole rings is 1. The van der Waals surface area contributed by atoms with Crippen LogP contribution in [-0.2, 0) is 0 Å². The third-order valence-electron chi connectivity index (χ3n) is 2.58. The molecule has 0 spiro atoms. The number of H-pyrrole nitrogens is 1. The van der Waals surface area contributed by atoms with Gasteiger partial charge in [0.05, 0.1) is 0 Å². The van der Waals surface area contributed by atoms with E-state index in [1.54, 1.807) is 13.3 Å². The summed E-state index contributed by atoms with van der Waals surface area (Å²) in [4.78, 5) is 7.54. The van der Waals surface area contributed by atoms with Crippen LogP contribution in [0.25, 0.3) is 22.2 Å². The highest BCUT2D eigenvalue weighted by Crippen LogP contribution is 2.28. The molecular weight excluding hydrogens is 202 g/mol. The summed E-state index contributed by atoms with van der Waals surface area (Å²) in [6, 6.07) is 8.65. The Bertz CT molecular complexity index is 624. The van der Waals surface area contributed by atoms with Gasteiger partial charge in [-0.2, -0.15) is 4.98 Å². The molecule has 0 aliphatic rings. The molecule has 0 bridgehead atoms. The van der Waals surface area contributed by atoms with Gasteiger partial charge < -0.3 is 14.7 Å². The molecular formula is C12H11N3O. The molecule has 0 aliphatic heterocycles. The molecule has 0 unspecified atom stereocenters. The minimum Gasteiger partial charge on any atom is -0.432 e. The molecule has 0 saturated carbocycles. The maximum atomic E-state index is 5.25. The minimum atomic E-state index is 0.528. The average molecular weight is 213 g/mol. The van der Waals surface area contributed by atoms with Crippen molar-refractivity contribution < 1.29 is 4.42 Å². The summed E-state index contributed by atoms with van der Waals surface area (Å²) in [6.45, 7) is 0. The summed E-state index contributed by atoms with van der Waals surface area (Å²) in [6.07, 6.45) is 3.60. The Balaban J connectivity index is 2.18. The van der Waals surface area contributed by atoms with Crippen LogP contribution < -0.4 is 5.32 Å². The summed E-state index contributed by atoms with van der Waals surface area (Å²) in [7, 11) is 1.78. The van der Waals surface area contributed by atoms with E-state index in [0.29, 0.717) is 6.01 Å². The molecule has 4 nitrogen and oxygen atoms in total. The molecule has 0 aliphatic carbocycles. The van der Waals surface area contributed by atoms with E-state index in [4.69, 9.17) is 4.42 Å². The highest BCUT2D eigenvalue weighted by Gasteiger charge is 2.09. The van der Waals surface area contributed by atoms with Gasteiger partial charge in [-0.05, 0) is 6.07 Å². The van der Waals surface area contributed by atoms with Crippen LogP contribution in [-0.4, -0.2) is 17.0 Å². The van der Waals surface area contributed by atoms with Crippen molar-refractivity contribution in [1.29, 1.82) is 0 Å². The quantitative estimate of drug-likeness (QED) is 0.688. The fraction of sp³-hybridized carbons (Fsp3) is 0.0833. The molecule has 1 aromatic carbocycles. The monoisotopic (exact) mass is 213 g/mol. The lowest BCUT2D eigenvalue weighted by Crippen LogP contribution is -1.86. The summed E-state index contributed by atoms with van der Waals surface area (Å²) in [5.41, 5.74) is 2.99. The molecule has 0 fully saturated rings. The number of hydrogen-bond acceptors (Lipinski definition) is 3. The van der Waals surface area contributed by atoms with Crippen molar-refractivity contribution >= 4 is 16.9 Å². The lowest BCUT2D eigenvalue weighted by Gasteiger charge is -1.92. The first-order valence-corrected chi connectivity index (χ1v) is 5.08. The molecule has 2 aromatic heterocycles. The van der Waals surface area contributed by atoms with E-state index in [1.807, 2.05) is 24.4 Å². The number of aromatic nitrogens is 2. The molecule has 2 heterocycles. The fourth-order valence-electron chi connectivity index (χ4n) is 1.80. The number of fused-ring (bicyclic) bond motifs is 1. The van der Waals surface area contributed by atoms with Crippen LogP contribution in [0.2, 0.25) is 0 Å². The molecule has 3 aromatic rings. The summed E-state index contributed by atoms with van der Waals surface area (Å²) < 4.78 is 5.25. The largest absolute Gasteiger partial charge is 0.432 e. The van der Waals surface area contributed by atoms with E-state index in [2.05, 4.69) is 21.4 Å². The molecule has 4 heteroatoms. The first-order chi connectivity index (χ1) is 7.88. The smallest absolute Gasteiger partial charge is 0.294 e. The van der Waals surface area contributed by atoms with Gasteiger partial charge in [0.15, 0.2) is 0 Å². The Labute approximate surface area is 92.3 Å². The van der Waals surface area contributed by atoms with Crippen LogP contribution in [0.1, 0.15) is 0 Å². The van der Waals surface area contributed by atoms with E-state index in [-0.39, 0.29) is 0 Å². The first-order valence-electron chi connectivity index (χ1n) is 5.08. The van der Waals surface area contributed by atoms with Crippen LogP contribution in [0.5, 0.6) is 0 Å². The standard InChI is InChI=1S/C12H11N3O/c1-13-12-15-11(7-16-12)9-6-14-10-5-3-2-4-8(9)10/h2-7,14H,1H3,(H,13,15). The fourth-order valence-corrected chi connectivity index (χ4v) is 1.80. The third-order valence-corrected chi connectivity index (χ3v) is 2.58. The topological polar surface area (TPSA) is 53.9 Å². The van der Waals surface area contributed by atoms with Crippen molar-refractivity contribution in [2.75, 3.05) is 12.4 Å². The number of rotatable bonds is 2. The van der Waals surface area contributed by atoms with Crippen LogP contribution in [0.4, 0.5) is 6.01 Å². The predicted octanol–water partition coefficient (Wildman–Crippen LogP) is 2.86. The highest BCUT2D eigenvalue weighted by atomic mass is 16.4. The number of hydrogen-bond donors (Lipinski definition) is 2. The Morgan fingerprint density at radius 3 is 3.00 bits per heavy atom. The van der Waals surface area contributed by atoms with E-state index in [9.17, 15) is 0 Å². The molecule has 3 rings (SSSR count). The normalized spacial score (nSPS) is 10.8. The lowest BCUT2D eigenvalue weighted by atomic mass is 10.1. The molecule has 0 radical (unpaired) electrons. The summed E-state index contributed by atoms with van der Waals surface area (Å²) in [5.74, 6) is 0. The minimum absolute atomic E-state index is 0.528. The second-order valence-corrected chi connectivity index (χ2v) is 3.54. The number of nitrogens with one attached hydrogen (secondary N) is 2. The van der Waals surface area contributed by atoms with E-state index in [1.165, 1.54) is 0 Å². The second kappa shape index (κ2) is 3.41. The van der Waals surface area contributed by atoms with Gasteiger partial charge in [-0.3, -0.25) is 0 Å². The molecule has 0 atom stereocenters. The number of anilines is 1. The summed E-state index contributed by atoms with van der Waals surface area (Å²) >= 11 is 0. The predicted molar refractivity (Wildman–Crippen MR) is 63.3 cm³/mol. The Morgan fingerprint density at radius 2 is 2.19 bits per heavy atom. The van der Waals surface area contributed by atoms with Gasteiger partial charge in [0.25, 0.3) is 6.01 Å². The first kappa shape index (κ1) is 9.03. The van der Waals surface area contributed by atoms with E-state index in [0.717, 1.165) is 22.2 Å².